The van der Waals surface area contributed by atoms with Crippen molar-refractivity contribution in [2.45, 2.75) is 6.61 Å². The molecule has 0 bridgehead atoms. The summed E-state index contributed by atoms with van der Waals surface area (Å²) in [7, 11) is 1.67. The van der Waals surface area contributed by atoms with Gasteiger partial charge in [0.15, 0.2) is 0 Å². The van der Waals surface area contributed by atoms with E-state index in [0.717, 1.165) is 37.8 Å². The van der Waals surface area contributed by atoms with Crippen LogP contribution in [-0.4, -0.2) is 43.4 Å². The fourth-order valence-electron chi connectivity index (χ4n) is 2.23. The van der Waals surface area contributed by atoms with Crippen LogP contribution < -0.4 is 4.90 Å². The largest absolute Gasteiger partial charge is 0.380 e. The van der Waals surface area contributed by atoms with Crippen LogP contribution in [0.5, 0.6) is 0 Å². The molecule has 0 aromatic carbocycles. The van der Waals surface area contributed by atoms with E-state index in [-0.39, 0.29) is 0 Å². The molecule has 0 atom stereocenters. The first-order valence-electron chi connectivity index (χ1n) is 5.44. The number of ether oxygens (including phenoxy) is 2. The summed E-state index contributed by atoms with van der Waals surface area (Å²) in [5.74, 6) is 0.817. The van der Waals surface area contributed by atoms with Crippen molar-refractivity contribution in [3.8, 4) is 0 Å². The van der Waals surface area contributed by atoms with Crippen molar-refractivity contribution in [3.05, 3.63) is 18.0 Å². The molecule has 2 aliphatic heterocycles. The highest BCUT2D eigenvalue weighted by molar-refractivity contribution is 5.37. The first-order valence-corrected chi connectivity index (χ1v) is 5.44. The van der Waals surface area contributed by atoms with E-state index in [0.29, 0.717) is 12.0 Å². The first-order chi connectivity index (χ1) is 7.81. The van der Waals surface area contributed by atoms with Crippen LogP contribution in [0.2, 0.25) is 0 Å². The quantitative estimate of drug-likeness (QED) is 0.742. The number of hydrogen-bond donors (Lipinski definition) is 0. The maximum Gasteiger partial charge on any atom is 0.225 e. The Morgan fingerprint density at radius 3 is 2.56 bits per heavy atom. The molecule has 1 spiro atoms. The van der Waals surface area contributed by atoms with Gasteiger partial charge in [0.25, 0.3) is 0 Å². The van der Waals surface area contributed by atoms with Gasteiger partial charge in [0.2, 0.25) is 5.95 Å². The van der Waals surface area contributed by atoms with E-state index in [9.17, 15) is 0 Å². The average Bonchev–Trinajstić information content (AvgIpc) is 2.16. The lowest BCUT2D eigenvalue weighted by atomic mass is 9.78. The van der Waals surface area contributed by atoms with Crippen molar-refractivity contribution in [2.75, 3.05) is 38.3 Å². The predicted octanol–water partition coefficient (Wildman–Crippen LogP) is 0.460. The molecule has 2 fully saturated rings. The normalized spacial score (nSPS) is 21.7. The van der Waals surface area contributed by atoms with Crippen LogP contribution in [0.25, 0.3) is 0 Å². The van der Waals surface area contributed by atoms with Crippen molar-refractivity contribution in [3.63, 3.8) is 0 Å². The van der Waals surface area contributed by atoms with Gasteiger partial charge in [-0.05, 0) is 0 Å². The third-order valence-corrected chi connectivity index (χ3v) is 3.15. The zero-order valence-electron chi connectivity index (χ0n) is 9.35. The summed E-state index contributed by atoms with van der Waals surface area (Å²) in [6.45, 7) is 4.40. The van der Waals surface area contributed by atoms with E-state index in [1.807, 2.05) is 12.4 Å². The van der Waals surface area contributed by atoms with Crippen molar-refractivity contribution in [1.82, 2.24) is 9.97 Å². The van der Waals surface area contributed by atoms with Gasteiger partial charge in [-0.3, -0.25) is 0 Å². The lowest BCUT2D eigenvalue weighted by Gasteiger charge is -2.54. The Hall–Kier alpha value is -1.20. The Bertz CT molecular complexity index is 367. The van der Waals surface area contributed by atoms with Crippen molar-refractivity contribution >= 4 is 5.95 Å². The molecule has 86 valence electrons. The highest BCUT2D eigenvalue weighted by Crippen LogP contribution is 2.38. The number of methoxy groups -OCH3 is 1. The molecule has 3 rings (SSSR count). The smallest absolute Gasteiger partial charge is 0.225 e. The molecule has 0 unspecified atom stereocenters. The lowest BCUT2D eigenvalue weighted by Crippen LogP contribution is -2.66. The molecule has 3 heterocycles. The van der Waals surface area contributed by atoms with Gasteiger partial charge in [0.05, 0.1) is 25.2 Å². The van der Waals surface area contributed by atoms with Gasteiger partial charge in [0.1, 0.15) is 0 Å². The second-order valence-electron chi connectivity index (χ2n) is 4.67. The molecule has 5 nitrogen and oxygen atoms in total. The Morgan fingerprint density at radius 1 is 1.38 bits per heavy atom. The van der Waals surface area contributed by atoms with Gasteiger partial charge >= 0.3 is 0 Å². The molecule has 0 radical (unpaired) electrons. The number of rotatable bonds is 3. The summed E-state index contributed by atoms with van der Waals surface area (Å²) < 4.78 is 10.2. The molecule has 16 heavy (non-hydrogen) atoms. The second-order valence-corrected chi connectivity index (χ2v) is 4.67. The molecule has 2 saturated heterocycles. The van der Waals surface area contributed by atoms with E-state index in [1.54, 1.807) is 7.11 Å². The van der Waals surface area contributed by atoms with Crippen molar-refractivity contribution < 1.29 is 9.47 Å². The van der Waals surface area contributed by atoms with E-state index in [1.165, 1.54) is 0 Å². The maximum atomic E-state index is 5.23. The van der Waals surface area contributed by atoms with Gasteiger partial charge < -0.3 is 14.4 Å². The maximum absolute atomic E-state index is 5.23. The van der Waals surface area contributed by atoms with Crippen LogP contribution in [-0.2, 0) is 16.1 Å². The lowest BCUT2D eigenvalue weighted by molar-refractivity contribution is -0.127. The highest BCUT2D eigenvalue weighted by atomic mass is 16.5. The summed E-state index contributed by atoms with van der Waals surface area (Å²) in [4.78, 5) is 10.9. The molecule has 1 aromatic rings. The monoisotopic (exact) mass is 221 g/mol. The van der Waals surface area contributed by atoms with Crippen LogP contribution >= 0.6 is 0 Å². The Labute approximate surface area is 94.4 Å². The molecule has 0 N–H and O–H groups in total. The third-order valence-electron chi connectivity index (χ3n) is 3.15. The van der Waals surface area contributed by atoms with Crippen LogP contribution in [0, 0.1) is 5.41 Å². The van der Waals surface area contributed by atoms with E-state index >= 15 is 0 Å². The van der Waals surface area contributed by atoms with Crippen LogP contribution in [0.3, 0.4) is 0 Å². The Morgan fingerprint density at radius 2 is 2.06 bits per heavy atom. The number of anilines is 1. The van der Waals surface area contributed by atoms with Gasteiger partial charge in [-0.15, -0.1) is 0 Å². The number of aromatic nitrogens is 2. The summed E-state index contributed by atoms with van der Waals surface area (Å²) in [5.41, 5.74) is 1.42. The number of hydrogen-bond acceptors (Lipinski definition) is 5. The SMILES string of the molecule is COCc1cnc(N2CC3(COC3)C2)nc1. The predicted molar refractivity (Wildman–Crippen MR) is 58.2 cm³/mol. The molecule has 1 aromatic heterocycles. The summed E-state index contributed by atoms with van der Waals surface area (Å²) in [5, 5.41) is 0. The van der Waals surface area contributed by atoms with Gasteiger partial charge in [0, 0.05) is 38.2 Å². The third kappa shape index (κ3) is 1.56. The number of nitrogens with zero attached hydrogens (tertiary/aromatic N) is 3. The summed E-state index contributed by atoms with van der Waals surface area (Å²) in [6, 6.07) is 0. The summed E-state index contributed by atoms with van der Waals surface area (Å²) in [6.07, 6.45) is 3.65. The topological polar surface area (TPSA) is 47.5 Å². The zero-order chi connectivity index (χ0) is 11.0. The Balaban J connectivity index is 1.63. The fourth-order valence-corrected chi connectivity index (χ4v) is 2.23. The van der Waals surface area contributed by atoms with Crippen LogP contribution in [0.15, 0.2) is 12.4 Å². The van der Waals surface area contributed by atoms with Crippen molar-refractivity contribution in [2.24, 2.45) is 5.41 Å². The molecule has 0 saturated carbocycles. The molecular formula is C11H15N3O2. The van der Waals surface area contributed by atoms with Crippen molar-refractivity contribution in [1.29, 1.82) is 0 Å². The highest BCUT2D eigenvalue weighted by Gasteiger charge is 2.49. The van der Waals surface area contributed by atoms with E-state index in [2.05, 4.69) is 14.9 Å². The van der Waals surface area contributed by atoms with Gasteiger partial charge in [-0.2, -0.15) is 0 Å². The zero-order valence-corrected chi connectivity index (χ0v) is 9.35. The Kier molecular flexibility index (Phi) is 2.29. The first kappa shape index (κ1) is 9.99. The standard InChI is InChI=1S/C11H15N3O2/c1-15-4-9-2-12-10(13-3-9)14-5-11(6-14)7-16-8-11/h2-3H,4-8H2,1H3. The second kappa shape index (κ2) is 3.68. The molecule has 5 heteroatoms. The van der Waals surface area contributed by atoms with E-state index in [4.69, 9.17) is 9.47 Å². The molecular weight excluding hydrogens is 206 g/mol. The minimum atomic E-state index is 0.411. The average molecular weight is 221 g/mol. The van der Waals surface area contributed by atoms with Gasteiger partial charge in [-0.25, -0.2) is 9.97 Å². The minimum absolute atomic E-state index is 0.411. The molecule has 2 aliphatic rings. The molecule has 0 aliphatic carbocycles. The summed E-state index contributed by atoms with van der Waals surface area (Å²) >= 11 is 0. The van der Waals surface area contributed by atoms with Crippen LogP contribution in [0.4, 0.5) is 5.95 Å². The minimum Gasteiger partial charge on any atom is -0.380 e. The fraction of sp³-hybridized carbons (Fsp3) is 0.636. The van der Waals surface area contributed by atoms with Gasteiger partial charge in [-0.1, -0.05) is 0 Å². The van der Waals surface area contributed by atoms with E-state index < -0.39 is 0 Å². The molecule has 0 amide bonds. The van der Waals surface area contributed by atoms with Crippen LogP contribution in [0.1, 0.15) is 5.56 Å².